The number of aromatic amines is 2. The van der Waals surface area contributed by atoms with Crippen molar-refractivity contribution in [3.05, 3.63) is 58.1 Å². The van der Waals surface area contributed by atoms with Crippen LogP contribution < -0.4 is 0 Å². The number of hydrogen-bond donors (Lipinski definition) is 2. The van der Waals surface area contributed by atoms with Gasteiger partial charge in [0.05, 0.1) is 26.8 Å². The number of H-pyrrole nitrogens is 2. The predicted octanol–water partition coefficient (Wildman–Crippen LogP) is 5.24. The molecule has 4 nitrogen and oxygen atoms in total. The van der Waals surface area contributed by atoms with Gasteiger partial charge in [0, 0.05) is 5.56 Å². The van der Waals surface area contributed by atoms with Gasteiger partial charge in [-0.05, 0) is 42.8 Å². The van der Waals surface area contributed by atoms with E-state index in [0.29, 0.717) is 10.0 Å². The Morgan fingerprint density at radius 3 is 2.65 bits per heavy atom. The molecule has 0 amide bonds. The fraction of sp³-hybridized carbons (Fsp3) is 0.0588. The molecule has 0 bridgehead atoms. The molecule has 0 radical (unpaired) electrons. The molecule has 0 aliphatic rings. The van der Waals surface area contributed by atoms with E-state index in [9.17, 15) is 0 Å². The average molecular weight is 343 g/mol. The van der Waals surface area contributed by atoms with Crippen LogP contribution in [0.1, 0.15) is 5.56 Å². The van der Waals surface area contributed by atoms with Gasteiger partial charge in [-0.1, -0.05) is 35.3 Å². The summed E-state index contributed by atoms with van der Waals surface area (Å²) in [5.74, 6) is 0.754. The van der Waals surface area contributed by atoms with Crippen LogP contribution in [0.25, 0.3) is 33.8 Å². The fourth-order valence-corrected chi connectivity index (χ4v) is 2.80. The van der Waals surface area contributed by atoms with Gasteiger partial charge in [0.25, 0.3) is 0 Å². The summed E-state index contributed by atoms with van der Waals surface area (Å²) in [4.78, 5) is 7.90. The molecule has 2 aromatic carbocycles. The summed E-state index contributed by atoms with van der Waals surface area (Å²) in [5.41, 5.74) is 5.62. The van der Waals surface area contributed by atoms with Crippen molar-refractivity contribution < 1.29 is 0 Å². The van der Waals surface area contributed by atoms with Crippen molar-refractivity contribution in [1.82, 2.24) is 20.2 Å². The van der Waals surface area contributed by atoms with Crippen LogP contribution in [0.5, 0.6) is 0 Å². The molecule has 0 aliphatic carbocycles. The maximum atomic E-state index is 6.07. The number of halogens is 2. The Morgan fingerprint density at radius 1 is 0.957 bits per heavy atom. The molecule has 2 N–H and O–H groups in total. The van der Waals surface area contributed by atoms with Crippen LogP contribution in [-0.4, -0.2) is 20.2 Å². The topological polar surface area (TPSA) is 57.4 Å². The third-order valence-corrected chi connectivity index (χ3v) is 4.42. The number of rotatable bonds is 2. The lowest BCUT2D eigenvalue weighted by atomic mass is 10.1. The van der Waals surface area contributed by atoms with Gasteiger partial charge in [0.2, 0.25) is 0 Å². The lowest BCUT2D eigenvalue weighted by molar-refractivity contribution is 1.09. The van der Waals surface area contributed by atoms with E-state index >= 15 is 0 Å². The Labute approximate surface area is 142 Å². The summed E-state index contributed by atoms with van der Waals surface area (Å²) in [6, 6.07) is 13.5. The van der Waals surface area contributed by atoms with Crippen LogP contribution in [0.15, 0.2) is 42.5 Å². The second kappa shape index (κ2) is 5.41. The molecule has 0 atom stereocenters. The standard InChI is InChI=1S/C17H12Cl2N4/c1-9-2-5-13-15(6-9)21-17(20-13)16-8-14(22-23-16)10-3-4-11(18)12(19)7-10/h2-8H,1H3,(H,20,21)(H,22,23). The van der Waals surface area contributed by atoms with E-state index < -0.39 is 0 Å². The normalized spacial score (nSPS) is 11.3. The molecule has 2 aromatic heterocycles. The molecule has 6 heteroatoms. The minimum atomic E-state index is 0.507. The summed E-state index contributed by atoms with van der Waals surface area (Å²) in [6.45, 7) is 2.05. The van der Waals surface area contributed by atoms with Crippen molar-refractivity contribution >= 4 is 34.2 Å². The van der Waals surface area contributed by atoms with Crippen molar-refractivity contribution in [2.75, 3.05) is 0 Å². The van der Waals surface area contributed by atoms with Crippen molar-refractivity contribution in [2.45, 2.75) is 6.92 Å². The SMILES string of the molecule is Cc1ccc2nc(-c3cc(-c4ccc(Cl)c(Cl)c4)n[nH]3)[nH]c2c1. The maximum Gasteiger partial charge on any atom is 0.156 e. The van der Waals surface area contributed by atoms with Crippen molar-refractivity contribution in [1.29, 1.82) is 0 Å². The monoisotopic (exact) mass is 342 g/mol. The fourth-order valence-electron chi connectivity index (χ4n) is 2.50. The Kier molecular flexibility index (Phi) is 3.36. The Balaban J connectivity index is 1.75. The number of imidazole rings is 1. The highest BCUT2D eigenvalue weighted by Crippen LogP contribution is 2.29. The molecular formula is C17H12Cl2N4. The highest BCUT2D eigenvalue weighted by atomic mass is 35.5. The van der Waals surface area contributed by atoms with Crippen LogP contribution in [-0.2, 0) is 0 Å². The van der Waals surface area contributed by atoms with Crippen molar-refractivity contribution in [3.8, 4) is 22.8 Å². The molecule has 114 valence electrons. The second-order valence-corrected chi connectivity index (χ2v) is 6.22. The first kappa shape index (κ1) is 14.3. The third kappa shape index (κ3) is 2.60. The molecule has 0 saturated heterocycles. The molecular weight excluding hydrogens is 331 g/mol. The van der Waals surface area contributed by atoms with Gasteiger partial charge in [0.15, 0.2) is 5.82 Å². The lowest BCUT2D eigenvalue weighted by Crippen LogP contribution is -1.79. The minimum Gasteiger partial charge on any atom is -0.337 e. The summed E-state index contributed by atoms with van der Waals surface area (Å²) in [6.07, 6.45) is 0. The number of hydrogen-bond acceptors (Lipinski definition) is 2. The van der Waals surface area contributed by atoms with Crippen LogP contribution in [0, 0.1) is 6.92 Å². The van der Waals surface area contributed by atoms with Crippen molar-refractivity contribution in [2.24, 2.45) is 0 Å². The van der Waals surface area contributed by atoms with E-state index in [4.69, 9.17) is 23.2 Å². The molecule has 0 saturated carbocycles. The summed E-state index contributed by atoms with van der Waals surface area (Å²) >= 11 is 12.0. The van der Waals surface area contributed by atoms with Crippen molar-refractivity contribution in [3.63, 3.8) is 0 Å². The average Bonchev–Trinajstić information content (AvgIpc) is 3.15. The molecule has 4 aromatic rings. The predicted molar refractivity (Wildman–Crippen MR) is 93.9 cm³/mol. The third-order valence-electron chi connectivity index (χ3n) is 3.69. The van der Waals surface area contributed by atoms with E-state index in [1.54, 1.807) is 12.1 Å². The molecule has 0 fully saturated rings. The van der Waals surface area contributed by atoms with Crippen LogP contribution in [0.2, 0.25) is 10.0 Å². The summed E-state index contributed by atoms with van der Waals surface area (Å²) < 4.78 is 0. The summed E-state index contributed by atoms with van der Waals surface area (Å²) in [5, 5.41) is 8.38. The minimum absolute atomic E-state index is 0.507. The molecule has 23 heavy (non-hydrogen) atoms. The first-order chi connectivity index (χ1) is 11.1. The number of aromatic nitrogens is 4. The smallest absolute Gasteiger partial charge is 0.156 e. The van der Waals surface area contributed by atoms with E-state index in [1.165, 1.54) is 5.56 Å². The van der Waals surface area contributed by atoms with Crippen LogP contribution in [0.3, 0.4) is 0 Å². The quantitative estimate of drug-likeness (QED) is 0.523. The van der Waals surface area contributed by atoms with Crippen LogP contribution in [0.4, 0.5) is 0 Å². The zero-order chi connectivity index (χ0) is 16.0. The molecule has 0 aliphatic heterocycles. The van der Waals surface area contributed by atoms with E-state index in [0.717, 1.165) is 33.8 Å². The van der Waals surface area contributed by atoms with Gasteiger partial charge in [0.1, 0.15) is 5.69 Å². The van der Waals surface area contributed by atoms with E-state index in [1.807, 2.05) is 24.3 Å². The summed E-state index contributed by atoms with van der Waals surface area (Å²) in [7, 11) is 0. The highest BCUT2D eigenvalue weighted by molar-refractivity contribution is 6.42. The van der Waals surface area contributed by atoms with Gasteiger partial charge >= 0.3 is 0 Å². The molecule has 4 rings (SSSR count). The highest BCUT2D eigenvalue weighted by Gasteiger charge is 2.11. The van der Waals surface area contributed by atoms with Gasteiger partial charge in [-0.3, -0.25) is 5.10 Å². The molecule has 0 spiro atoms. The van der Waals surface area contributed by atoms with Gasteiger partial charge in [-0.15, -0.1) is 0 Å². The number of fused-ring (bicyclic) bond motifs is 1. The number of benzene rings is 2. The number of nitrogens with one attached hydrogen (secondary N) is 2. The zero-order valence-corrected chi connectivity index (χ0v) is 13.7. The van der Waals surface area contributed by atoms with Crippen LogP contribution >= 0.6 is 23.2 Å². The Morgan fingerprint density at radius 2 is 1.83 bits per heavy atom. The molecule has 2 heterocycles. The zero-order valence-electron chi connectivity index (χ0n) is 12.2. The second-order valence-electron chi connectivity index (χ2n) is 5.40. The first-order valence-corrected chi connectivity index (χ1v) is 7.83. The van der Waals surface area contributed by atoms with Gasteiger partial charge in [-0.25, -0.2) is 4.98 Å². The number of nitrogens with zero attached hydrogens (tertiary/aromatic N) is 2. The van der Waals surface area contributed by atoms with Gasteiger partial charge in [-0.2, -0.15) is 5.10 Å². The van der Waals surface area contributed by atoms with Gasteiger partial charge < -0.3 is 4.98 Å². The number of aryl methyl sites for hydroxylation is 1. The lowest BCUT2D eigenvalue weighted by Gasteiger charge is -1.98. The van der Waals surface area contributed by atoms with E-state index in [2.05, 4.69) is 33.2 Å². The Bertz CT molecular complexity index is 1020. The Hall–Kier alpha value is -2.30. The largest absolute Gasteiger partial charge is 0.337 e. The molecule has 0 unspecified atom stereocenters. The maximum absolute atomic E-state index is 6.07. The first-order valence-electron chi connectivity index (χ1n) is 7.08. The van der Waals surface area contributed by atoms with E-state index in [-0.39, 0.29) is 0 Å².